The Labute approximate surface area is 136 Å². The molecule has 0 atom stereocenters. The average Bonchev–Trinajstić information content (AvgIpc) is 2.89. The Morgan fingerprint density at radius 2 is 2.00 bits per heavy atom. The summed E-state index contributed by atoms with van der Waals surface area (Å²) in [5, 5.41) is 6.24. The Bertz CT molecular complexity index is 930. The normalized spacial score (nSPS) is 10.5. The molecule has 2 aromatic carbocycles. The van der Waals surface area contributed by atoms with Crippen molar-refractivity contribution in [1.82, 2.24) is 9.90 Å². The number of halogens is 1. The smallest absolute Gasteiger partial charge is 0.323 e. The highest BCUT2D eigenvalue weighted by atomic mass is 35.5. The summed E-state index contributed by atoms with van der Waals surface area (Å²) in [4.78, 5) is 23.6. The van der Waals surface area contributed by atoms with E-state index in [-0.39, 0.29) is 11.5 Å². The Kier molecular flexibility index (Phi) is 3.99. The maximum absolute atomic E-state index is 12.2. The van der Waals surface area contributed by atoms with Crippen LogP contribution >= 0.6 is 11.6 Å². The van der Waals surface area contributed by atoms with E-state index in [4.69, 9.17) is 11.6 Å². The number of carbonyl (C=O) groups excluding carboxylic acids is 1. The molecule has 0 unspecified atom stereocenters. The predicted molar refractivity (Wildman–Crippen MR) is 87.2 cm³/mol. The number of para-hydroxylation sites is 2. The van der Waals surface area contributed by atoms with Crippen LogP contribution in [0.4, 0.5) is 5.69 Å². The summed E-state index contributed by atoms with van der Waals surface area (Å²) in [7, 11) is 0. The van der Waals surface area contributed by atoms with Gasteiger partial charge >= 0.3 is 5.56 Å². The summed E-state index contributed by atoms with van der Waals surface area (Å²) in [5.74, 6) is -0.185. The third kappa shape index (κ3) is 3.17. The van der Waals surface area contributed by atoms with E-state index in [0.717, 1.165) is 0 Å². The predicted octanol–water partition coefficient (Wildman–Crippen LogP) is 2.05. The molecular weight excluding hydrogens is 316 g/mol. The van der Waals surface area contributed by atoms with Gasteiger partial charge in [-0.1, -0.05) is 39.7 Å². The number of nitrogens with zero attached hydrogens (tertiary/aromatic N) is 2. The van der Waals surface area contributed by atoms with Crippen LogP contribution in [-0.4, -0.2) is 15.8 Å². The van der Waals surface area contributed by atoms with Crippen LogP contribution in [0.15, 0.2) is 59.5 Å². The van der Waals surface area contributed by atoms with E-state index < -0.39 is 0 Å². The van der Waals surface area contributed by atoms with Crippen molar-refractivity contribution in [3.63, 3.8) is 0 Å². The molecule has 7 heteroatoms. The molecular formula is C16H14ClN4O2+. The van der Waals surface area contributed by atoms with Gasteiger partial charge in [0, 0.05) is 18.0 Å². The van der Waals surface area contributed by atoms with Gasteiger partial charge in [-0.2, -0.15) is 0 Å². The van der Waals surface area contributed by atoms with E-state index in [2.05, 4.69) is 10.5 Å². The summed E-state index contributed by atoms with van der Waals surface area (Å²) in [5.41, 5.74) is 1.63. The van der Waals surface area contributed by atoms with Crippen LogP contribution in [-0.2, 0) is 4.79 Å². The second kappa shape index (κ2) is 6.10. The van der Waals surface area contributed by atoms with E-state index >= 15 is 0 Å². The van der Waals surface area contributed by atoms with Crippen LogP contribution in [0.5, 0.6) is 0 Å². The lowest BCUT2D eigenvalue weighted by molar-refractivity contribution is -0.660. The van der Waals surface area contributed by atoms with Gasteiger partial charge < -0.3 is 5.32 Å². The first-order valence-corrected chi connectivity index (χ1v) is 7.29. The van der Waals surface area contributed by atoms with Crippen LogP contribution in [0, 0.1) is 0 Å². The zero-order valence-corrected chi connectivity index (χ0v) is 13.0. The fourth-order valence-electron chi connectivity index (χ4n) is 2.26. The van der Waals surface area contributed by atoms with E-state index in [1.807, 2.05) is 6.07 Å². The van der Waals surface area contributed by atoms with Crippen LogP contribution < -0.4 is 15.6 Å². The molecule has 0 spiro atoms. The van der Waals surface area contributed by atoms with Gasteiger partial charge in [0.1, 0.15) is 0 Å². The van der Waals surface area contributed by atoms with E-state index in [1.54, 1.807) is 47.1 Å². The number of H-pyrrole nitrogens is 1. The standard InChI is InChI=1S/C16H13ClN4O2/c1-11(22)18-14-7-2-3-8-15(14)20-10-16(23)21(19-20)13-6-4-5-12(17)9-13/h2-10H,1H3,(H-,18,19,22,23)/p+1. The van der Waals surface area contributed by atoms with Crippen molar-refractivity contribution in [3.05, 3.63) is 70.1 Å². The Balaban J connectivity index is 2.09. The highest BCUT2D eigenvalue weighted by Gasteiger charge is 2.17. The Morgan fingerprint density at radius 1 is 1.22 bits per heavy atom. The number of aromatic nitrogens is 3. The third-order valence-electron chi connectivity index (χ3n) is 3.21. The molecule has 0 aliphatic carbocycles. The van der Waals surface area contributed by atoms with Gasteiger partial charge in [0.05, 0.1) is 5.69 Å². The molecule has 1 aromatic heterocycles. The monoisotopic (exact) mass is 329 g/mol. The van der Waals surface area contributed by atoms with Gasteiger partial charge in [0.15, 0.2) is 11.4 Å². The highest BCUT2D eigenvalue weighted by molar-refractivity contribution is 6.30. The van der Waals surface area contributed by atoms with Gasteiger partial charge in [-0.05, 0) is 24.3 Å². The number of nitrogens with one attached hydrogen (secondary N) is 2. The Hall–Kier alpha value is -2.86. The van der Waals surface area contributed by atoms with Crippen LogP contribution in [0.1, 0.15) is 6.92 Å². The van der Waals surface area contributed by atoms with Crippen molar-refractivity contribution in [2.24, 2.45) is 0 Å². The molecule has 23 heavy (non-hydrogen) atoms. The summed E-state index contributed by atoms with van der Waals surface area (Å²) < 4.78 is 2.92. The van der Waals surface area contributed by atoms with Crippen molar-refractivity contribution >= 4 is 23.2 Å². The maximum Gasteiger partial charge on any atom is 0.398 e. The summed E-state index contributed by atoms with van der Waals surface area (Å²) in [6.07, 6.45) is 1.40. The van der Waals surface area contributed by atoms with Crippen LogP contribution in [0.3, 0.4) is 0 Å². The average molecular weight is 330 g/mol. The third-order valence-corrected chi connectivity index (χ3v) is 3.44. The first kappa shape index (κ1) is 15.1. The fourth-order valence-corrected chi connectivity index (χ4v) is 2.44. The molecule has 0 saturated carbocycles. The summed E-state index contributed by atoms with van der Waals surface area (Å²) in [6.45, 7) is 1.43. The first-order valence-electron chi connectivity index (χ1n) is 6.91. The summed E-state index contributed by atoms with van der Waals surface area (Å²) >= 11 is 5.97. The van der Waals surface area contributed by atoms with E-state index in [0.29, 0.717) is 22.1 Å². The lowest BCUT2D eigenvalue weighted by Crippen LogP contribution is -2.34. The van der Waals surface area contributed by atoms with Gasteiger partial charge in [-0.3, -0.25) is 4.79 Å². The number of rotatable bonds is 3. The topological polar surface area (TPSA) is 70.8 Å². The van der Waals surface area contributed by atoms with E-state index in [9.17, 15) is 9.59 Å². The molecule has 3 aromatic rings. The molecule has 0 bridgehead atoms. The molecule has 1 amide bonds. The molecule has 6 nitrogen and oxygen atoms in total. The minimum atomic E-state index is -0.245. The fraction of sp³-hybridized carbons (Fsp3) is 0.0625. The number of anilines is 1. The molecule has 2 N–H and O–H groups in total. The number of aromatic amines is 1. The number of carbonyl (C=O) groups is 1. The summed E-state index contributed by atoms with van der Waals surface area (Å²) in [6, 6.07) is 14.1. The minimum absolute atomic E-state index is 0.185. The van der Waals surface area contributed by atoms with Crippen LogP contribution in [0.2, 0.25) is 5.02 Å². The quantitative estimate of drug-likeness (QED) is 0.722. The van der Waals surface area contributed by atoms with Crippen molar-refractivity contribution in [3.8, 4) is 11.4 Å². The molecule has 0 aliphatic rings. The lowest BCUT2D eigenvalue weighted by atomic mass is 10.2. The van der Waals surface area contributed by atoms with Gasteiger partial charge in [-0.15, -0.1) is 4.68 Å². The van der Waals surface area contributed by atoms with Gasteiger partial charge in [0.25, 0.3) is 0 Å². The minimum Gasteiger partial charge on any atom is -0.323 e. The highest BCUT2D eigenvalue weighted by Crippen LogP contribution is 2.15. The van der Waals surface area contributed by atoms with Crippen LogP contribution in [0.25, 0.3) is 11.4 Å². The number of benzene rings is 2. The number of hydrogen-bond donors (Lipinski definition) is 2. The molecule has 0 saturated heterocycles. The van der Waals surface area contributed by atoms with Crippen molar-refractivity contribution < 1.29 is 9.48 Å². The number of hydrogen-bond acceptors (Lipinski definition) is 2. The van der Waals surface area contributed by atoms with Crippen molar-refractivity contribution in [2.75, 3.05) is 5.32 Å². The first-order chi connectivity index (χ1) is 11.0. The molecule has 3 rings (SSSR count). The SMILES string of the molecule is CC(=O)Nc1ccccc1-[n+]1cc(=O)n(-c2cccc(Cl)c2)[nH]1. The molecule has 116 valence electrons. The van der Waals surface area contributed by atoms with Crippen molar-refractivity contribution in [1.29, 1.82) is 0 Å². The Morgan fingerprint density at radius 3 is 2.74 bits per heavy atom. The van der Waals surface area contributed by atoms with Gasteiger partial charge in [-0.25, -0.2) is 4.79 Å². The lowest BCUT2D eigenvalue weighted by Gasteiger charge is -2.05. The zero-order valence-electron chi connectivity index (χ0n) is 12.3. The largest absolute Gasteiger partial charge is 0.398 e. The molecule has 0 fully saturated rings. The van der Waals surface area contributed by atoms with Crippen molar-refractivity contribution in [2.45, 2.75) is 6.92 Å². The van der Waals surface area contributed by atoms with Gasteiger partial charge in [0.2, 0.25) is 12.1 Å². The molecule has 0 radical (unpaired) electrons. The second-order valence-electron chi connectivity index (χ2n) is 4.95. The molecule has 1 heterocycles. The number of amides is 1. The van der Waals surface area contributed by atoms with E-state index in [1.165, 1.54) is 17.8 Å². The maximum atomic E-state index is 12.2. The second-order valence-corrected chi connectivity index (χ2v) is 5.39. The molecule has 0 aliphatic heterocycles. The zero-order chi connectivity index (χ0) is 16.4.